The Morgan fingerprint density at radius 2 is 2.04 bits per heavy atom. The molecule has 1 aliphatic rings. The minimum Gasteiger partial charge on any atom is -0.356 e. The molecule has 3 rings (SSSR count). The van der Waals surface area contributed by atoms with Gasteiger partial charge in [-0.2, -0.15) is 13.2 Å². The van der Waals surface area contributed by atoms with Crippen LogP contribution in [-0.2, 0) is 17.4 Å². The van der Waals surface area contributed by atoms with Crippen LogP contribution < -0.4 is 10.2 Å². The van der Waals surface area contributed by atoms with Crippen molar-refractivity contribution >= 4 is 33.2 Å². The van der Waals surface area contributed by atoms with E-state index in [1.54, 1.807) is 6.20 Å². The lowest BCUT2D eigenvalue weighted by atomic mass is 9.95. The Hall–Kier alpha value is -2.09. The Labute approximate surface area is 157 Å². The minimum absolute atomic E-state index is 0.111. The molecule has 8 heteroatoms. The lowest BCUT2D eigenvalue weighted by Crippen LogP contribution is -2.39. The molecule has 2 aromatic rings. The van der Waals surface area contributed by atoms with Gasteiger partial charge in [-0.25, -0.2) is 0 Å². The number of hydrogen-bond acceptors (Lipinski definition) is 3. The number of aromatic nitrogens is 1. The van der Waals surface area contributed by atoms with E-state index >= 15 is 0 Å². The van der Waals surface area contributed by atoms with Crippen LogP contribution in [0.1, 0.15) is 18.2 Å². The zero-order chi connectivity index (χ0) is 18.9. The molecule has 1 aliphatic heterocycles. The third-order valence-electron chi connectivity index (χ3n) is 4.27. The predicted molar refractivity (Wildman–Crippen MR) is 96.3 cm³/mol. The van der Waals surface area contributed by atoms with Crippen molar-refractivity contribution in [2.24, 2.45) is 5.92 Å². The van der Waals surface area contributed by atoms with E-state index in [4.69, 9.17) is 0 Å². The van der Waals surface area contributed by atoms with E-state index in [1.807, 2.05) is 11.0 Å². The van der Waals surface area contributed by atoms with Crippen LogP contribution >= 0.6 is 15.9 Å². The summed E-state index contributed by atoms with van der Waals surface area (Å²) < 4.78 is 39.3. The first kappa shape index (κ1) is 18.7. The molecule has 1 aromatic heterocycles. The summed E-state index contributed by atoms with van der Waals surface area (Å²) in [6.45, 7) is 2.53. The van der Waals surface area contributed by atoms with E-state index < -0.39 is 11.7 Å². The number of fused-ring (bicyclic) bond motifs is 1. The highest BCUT2D eigenvalue weighted by atomic mass is 79.9. The normalized spacial score (nSPS) is 17.0. The zero-order valence-corrected chi connectivity index (χ0v) is 15.6. The summed E-state index contributed by atoms with van der Waals surface area (Å²) in [7, 11) is 0. The molecule has 26 heavy (non-hydrogen) atoms. The van der Waals surface area contributed by atoms with E-state index in [9.17, 15) is 18.0 Å². The first-order valence-electron chi connectivity index (χ1n) is 8.07. The average molecular weight is 428 g/mol. The maximum Gasteiger partial charge on any atom is 0.416 e. The van der Waals surface area contributed by atoms with Crippen LogP contribution in [-0.4, -0.2) is 24.0 Å². The number of benzene rings is 1. The Morgan fingerprint density at radius 3 is 2.65 bits per heavy atom. The van der Waals surface area contributed by atoms with Gasteiger partial charge in [-0.1, -0.05) is 0 Å². The number of halogens is 4. The number of carbonyl (C=O) groups is 1. The highest BCUT2D eigenvalue weighted by Crippen LogP contribution is 2.37. The van der Waals surface area contributed by atoms with Crippen LogP contribution in [0, 0.1) is 5.92 Å². The number of rotatable bonds is 3. The summed E-state index contributed by atoms with van der Waals surface area (Å²) in [4.78, 5) is 17.6. The minimum atomic E-state index is -4.36. The molecule has 1 amide bonds. The number of hydrogen-bond donors (Lipinski definition) is 1. The molecule has 0 fully saturated rings. The molecule has 1 unspecified atom stereocenters. The fourth-order valence-electron chi connectivity index (χ4n) is 3.04. The second-order valence-electron chi connectivity index (χ2n) is 6.28. The van der Waals surface area contributed by atoms with Crippen LogP contribution in [0.2, 0.25) is 0 Å². The van der Waals surface area contributed by atoms with Gasteiger partial charge in [0.1, 0.15) is 0 Å². The molecule has 2 heterocycles. The number of amides is 1. The SMILES string of the molecule is CC(=O)NCC1Cc2ncc(Br)cc2N(c2ccc(C(F)(F)F)cc2)C1. The number of alkyl halides is 3. The number of nitrogens with one attached hydrogen (secondary N) is 1. The molecule has 0 saturated carbocycles. The van der Waals surface area contributed by atoms with Gasteiger partial charge < -0.3 is 10.2 Å². The fraction of sp³-hybridized carbons (Fsp3) is 0.333. The molecule has 1 aromatic carbocycles. The lowest BCUT2D eigenvalue weighted by molar-refractivity contribution is -0.137. The molecule has 4 nitrogen and oxygen atoms in total. The number of carbonyl (C=O) groups excluding carboxylic acids is 1. The third-order valence-corrected chi connectivity index (χ3v) is 4.71. The first-order valence-corrected chi connectivity index (χ1v) is 8.87. The van der Waals surface area contributed by atoms with Crippen molar-refractivity contribution in [3.63, 3.8) is 0 Å². The first-order chi connectivity index (χ1) is 12.2. The van der Waals surface area contributed by atoms with E-state index in [1.165, 1.54) is 19.1 Å². The average Bonchev–Trinajstić information content (AvgIpc) is 2.59. The van der Waals surface area contributed by atoms with Crippen molar-refractivity contribution < 1.29 is 18.0 Å². The van der Waals surface area contributed by atoms with Gasteiger partial charge in [-0.05, 0) is 58.6 Å². The molecule has 0 bridgehead atoms. The summed E-state index contributed by atoms with van der Waals surface area (Å²) >= 11 is 3.40. The van der Waals surface area contributed by atoms with Crippen LogP contribution in [0.4, 0.5) is 24.5 Å². The molecule has 138 valence electrons. The van der Waals surface area contributed by atoms with E-state index in [0.717, 1.165) is 28.0 Å². The van der Waals surface area contributed by atoms with Crippen LogP contribution in [0.15, 0.2) is 41.0 Å². The Morgan fingerprint density at radius 1 is 1.35 bits per heavy atom. The summed E-state index contributed by atoms with van der Waals surface area (Å²) in [6.07, 6.45) is -1.97. The van der Waals surface area contributed by atoms with Crippen LogP contribution in [0.5, 0.6) is 0 Å². The summed E-state index contributed by atoms with van der Waals surface area (Å²) in [5.41, 5.74) is 1.69. The maximum absolute atomic E-state index is 12.8. The monoisotopic (exact) mass is 427 g/mol. The molecule has 0 spiro atoms. The van der Waals surface area contributed by atoms with Gasteiger partial charge in [0, 0.05) is 36.4 Å². The Kier molecular flexibility index (Phi) is 5.22. The summed E-state index contributed by atoms with van der Waals surface area (Å²) in [5.74, 6) is 0.00279. The van der Waals surface area contributed by atoms with Gasteiger partial charge in [0.2, 0.25) is 5.91 Å². The van der Waals surface area contributed by atoms with Crippen LogP contribution in [0.25, 0.3) is 0 Å². The van der Waals surface area contributed by atoms with Gasteiger partial charge in [0.25, 0.3) is 0 Å². The van der Waals surface area contributed by atoms with Crippen molar-refractivity contribution in [2.45, 2.75) is 19.5 Å². The largest absolute Gasteiger partial charge is 0.416 e. The van der Waals surface area contributed by atoms with E-state index in [-0.39, 0.29) is 11.8 Å². The Balaban J connectivity index is 1.93. The van der Waals surface area contributed by atoms with E-state index in [0.29, 0.717) is 25.2 Å². The predicted octanol–water partition coefficient (Wildman–Crippen LogP) is 4.31. The van der Waals surface area contributed by atoms with Crippen molar-refractivity contribution in [2.75, 3.05) is 18.0 Å². The third kappa shape index (κ3) is 4.17. The number of nitrogens with zero attached hydrogens (tertiary/aromatic N) is 2. The highest BCUT2D eigenvalue weighted by molar-refractivity contribution is 9.10. The standard InChI is InChI=1S/C18H17BrF3N3O/c1-11(26)23-8-12-6-16-17(7-14(19)9-24-16)25(10-12)15-4-2-13(3-5-15)18(20,21)22/h2-5,7,9,12H,6,8,10H2,1H3,(H,23,26). The number of anilines is 2. The lowest BCUT2D eigenvalue weighted by Gasteiger charge is -2.35. The molecule has 1 atom stereocenters. The van der Waals surface area contributed by atoms with Crippen LogP contribution in [0.3, 0.4) is 0 Å². The summed E-state index contributed by atoms with van der Waals surface area (Å²) in [6, 6.07) is 7.01. The van der Waals surface area contributed by atoms with Crippen molar-refractivity contribution in [3.8, 4) is 0 Å². The molecule has 0 radical (unpaired) electrons. The fourth-order valence-corrected chi connectivity index (χ4v) is 3.36. The van der Waals surface area contributed by atoms with Gasteiger partial charge in [0.15, 0.2) is 0 Å². The second-order valence-corrected chi connectivity index (χ2v) is 7.20. The Bertz CT molecular complexity index is 808. The topological polar surface area (TPSA) is 45.2 Å². The van der Waals surface area contributed by atoms with Crippen molar-refractivity contribution in [1.82, 2.24) is 10.3 Å². The van der Waals surface area contributed by atoms with Crippen molar-refractivity contribution in [1.29, 1.82) is 0 Å². The molecule has 0 aliphatic carbocycles. The smallest absolute Gasteiger partial charge is 0.356 e. The van der Waals surface area contributed by atoms with Gasteiger partial charge in [-0.15, -0.1) is 0 Å². The molecular formula is C18H17BrF3N3O. The maximum atomic E-state index is 12.8. The van der Waals surface area contributed by atoms with Gasteiger partial charge in [-0.3, -0.25) is 9.78 Å². The molecule has 1 N–H and O–H groups in total. The summed E-state index contributed by atoms with van der Waals surface area (Å²) in [5, 5.41) is 2.81. The zero-order valence-electron chi connectivity index (χ0n) is 14.0. The van der Waals surface area contributed by atoms with Gasteiger partial charge >= 0.3 is 6.18 Å². The highest BCUT2D eigenvalue weighted by Gasteiger charge is 2.31. The van der Waals surface area contributed by atoms with Gasteiger partial charge in [0.05, 0.1) is 16.9 Å². The quantitative estimate of drug-likeness (QED) is 0.793. The van der Waals surface area contributed by atoms with E-state index in [2.05, 4.69) is 26.2 Å². The molecule has 0 saturated heterocycles. The van der Waals surface area contributed by atoms with Crippen molar-refractivity contribution in [3.05, 3.63) is 52.3 Å². The second kappa shape index (κ2) is 7.26. The number of pyridine rings is 1. The molecular weight excluding hydrogens is 411 g/mol.